The van der Waals surface area contributed by atoms with Gasteiger partial charge in [-0.3, -0.25) is 0 Å². The van der Waals surface area contributed by atoms with Crippen LogP contribution in [0.15, 0.2) is 42.9 Å². The van der Waals surface area contributed by atoms with Gasteiger partial charge >= 0.3 is 6.09 Å². The summed E-state index contributed by atoms with van der Waals surface area (Å²) in [6.07, 6.45) is 2.65. The first-order valence-corrected chi connectivity index (χ1v) is 10.9. The van der Waals surface area contributed by atoms with Crippen LogP contribution in [-0.4, -0.2) is 55.9 Å². The predicted molar refractivity (Wildman–Crippen MR) is 126 cm³/mol. The molecular weight excluding hydrogens is 418 g/mol. The topological polar surface area (TPSA) is 95.8 Å². The fourth-order valence-electron chi connectivity index (χ4n) is 4.98. The predicted octanol–water partition coefficient (Wildman–Crippen LogP) is 4.73. The molecule has 0 atom stereocenters. The van der Waals surface area contributed by atoms with E-state index < -0.39 is 6.09 Å². The minimum absolute atomic E-state index is 0.248. The van der Waals surface area contributed by atoms with Crippen LogP contribution in [0.3, 0.4) is 0 Å². The summed E-state index contributed by atoms with van der Waals surface area (Å²) in [7, 11) is 1.64. The molecule has 4 heterocycles. The number of aromatic nitrogens is 4. The average Bonchev–Trinajstić information content (AvgIpc) is 3.38. The Labute approximate surface area is 189 Å². The van der Waals surface area contributed by atoms with Gasteiger partial charge in [-0.1, -0.05) is 6.07 Å². The molecular formula is C25H23N5O3. The zero-order valence-corrected chi connectivity index (χ0v) is 18.6. The van der Waals surface area contributed by atoms with E-state index in [0.717, 1.165) is 22.2 Å². The van der Waals surface area contributed by atoms with Crippen molar-refractivity contribution in [1.29, 1.82) is 0 Å². The van der Waals surface area contributed by atoms with E-state index in [2.05, 4.69) is 53.2 Å². The third-order valence-electron chi connectivity index (χ3n) is 6.98. The summed E-state index contributed by atoms with van der Waals surface area (Å²) in [5.41, 5.74) is 8.54. The van der Waals surface area contributed by atoms with E-state index in [1.807, 2.05) is 12.3 Å². The van der Waals surface area contributed by atoms with Crippen molar-refractivity contribution in [2.45, 2.75) is 19.8 Å². The first-order valence-electron chi connectivity index (χ1n) is 10.9. The average molecular weight is 441 g/mol. The Kier molecular flexibility index (Phi) is 4.14. The molecule has 0 spiro atoms. The molecule has 0 unspecified atom stereocenters. The van der Waals surface area contributed by atoms with Gasteiger partial charge in [0.2, 0.25) is 0 Å². The van der Waals surface area contributed by atoms with Gasteiger partial charge in [0, 0.05) is 52.6 Å². The van der Waals surface area contributed by atoms with Crippen molar-refractivity contribution in [3.8, 4) is 16.9 Å². The van der Waals surface area contributed by atoms with Crippen LogP contribution in [0, 0.1) is 13.8 Å². The van der Waals surface area contributed by atoms with E-state index in [0.29, 0.717) is 24.5 Å². The number of ether oxygens (including phenoxy) is 1. The number of nitrogens with one attached hydrogen (secondary N) is 1. The van der Waals surface area contributed by atoms with Gasteiger partial charge in [-0.25, -0.2) is 14.3 Å². The summed E-state index contributed by atoms with van der Waals surface area (Å²) in [6.45, 7) is 5.40. The molecule has 0 aliphatic carbocycles. The quantitative estimate of drug-likeness (QED) is 0.422. The molecule has 1 saturated heterocycles. The molecule has 0 bridgehead atoms. The fourth-order valence-corrected chi connectivity index (χ4v) is 4.98. The van der Waals surface area contributed by atoms with Crippen molar-refractivity contribution < 1.29 is 14.6 Å². The Morgan fingerprint density at radius 2 is 1.97 bits per heavy atom. The lowest BCUT2D eigenvalue weighted by molar-refractivity contribution is 0.105. The first-order chi connectivity index (χ1) is 15.9. The second kappa shape index (κ2) is 6.96. The highest BCUT2D eigenvalue weighted by atomic mass is 16.5. The van der Waals surface area contributed by atoms with Crippen molar-refractivity contribution in [2.75, 3.05) is 20.2 Å². The Bertz CT molecular complexity index is 1580. The molecule has 6 rings (SSSR count). The number of hydrogen-bond acceptors (Lipinski definition) is 4. The maximum absolute atomic E-state index is 11.1. The number of methoxy groups -OCH3 is 1. The minimum atomic E-state index is -0.848. The third kappa shape index (κ3) is 2.87. The molecule has 2 aromatic carbocycles. The van der Waals surface area contributed by atoms with E-state index in [1.54, 1.807) is 11.6 Å². The summed E-state index contributed by atoms with van der Waals surface area (Å²) in [5.74, 6) is 0.928. The molecule has 8 nitrogen and oxygen atoms in total. The summed E-state index contributed by atoms with van der Waals surface area (Å²) < 4.78 is 7.30. The Balaban J connectivity index is 1.49. The van der Waals surface area contributed by atoms with Crippen LogP contribution in [-0.2, 0) is 0 Å². The zero-order valence-electron chi connectivity index (χ0n) is 18.6. The lowest BCUT2D eigenvalue weighted by atomic mass is 9.89. The van der Waals surface area contributed by atoms with E-state index in [1.165, 1.54) is 38.7 Å². The minimum Gasteiger partial charge on any atom is -0.493 e. The summed E-state index contributed by atoms with van der Waals surface area (Å²) in [5, 5.41) is 15.8. The van der Waals surface area contributed by atoms with Gasteiger partial charge in [-0.2, -0.15) is 5.10 Å². The van der Waals surface area contributed by atoms with Gasteiger partial charge < -0.3 is 19.7 Å². The molecule has 33 heavy (non-hydrogen) atoms. The smallest absolute Gasteiger partial charge is 0.407 e. The molecule has 0 saturated carbocycles. The van der Waals surface area contributed by atoms with Gasteiger partial charge in [0.05, 0.1) is 7.11 Å². The third-order valence-corrected chi connectivity index (χ3v) is 6.98. The van der Waals surface area contributed by atoms with Gasteiger partial charge in [0.25, 0.3) is 0 Å². The maximum Gasteiger partial charge on any atom is 0.407 e. The molecule has 166 valence electrons. The first kappa shape index (κ1) is 19.6. The van der Waals surface area contributed by atoms with Gasteiger partial charge in [0.1, 0.15) is 6.33 Å². The van der Waals surface area contributed by atoms with Gasteiger partial charge in [-0.15, -0.1) is 0 Å². The largest absolute Gasteiger partial charge is 0.493 e. The number of aryl methyl sites for hydroxylation is 1. The van der Waals surface area contributed by atoms with Crippen LogP contribution in [0.4, 0.5) is 4.79 Å². The fraction of sp³-hybridized carbons (Fsp3) is 0.240. The highest BCUT2D eigenvalue weighted by Crippen LogP contribution is 2.38. The Morgan fingerprint density at radius 1 is 1.15 bits per heavy atom. The number of benzene rings is 2. The Morgan fingerprint density at radius 3 is 2.73 bits per heavy atom. The van der Waals surface area contributed by atoms with Crippen LogP contribution in [0.5, 0.6) is 5.75 Å². The number of amides is 1. The molecule has 1 amide bonds. The highest BCUT2D eigenvalue weighted by Gasteiger charge is 2.31. The van der Waals surface area contributed by atoms with Crippen molar-refractivity contribution in [2.24, 2.45) is 0 Å². The van der Waals surface area contributed by atoms with E-state index in [-0.39, 0.29) is 5.92 Å². The zero-order chi connectivity index (χ0) is 22.9. The number of aromatic amines is 1. The van der Waals surface area contributed by atoms with Crippen LogP contribution >= 0.6 is 0 Å². The van der Waals surface area contributed by atoms with Crippen LogP contribution < -0.4 is 4.74 Å². The number of likely N-dealkylation sites (tertiary alicyclic amines) is 1. The number of nitrogens with zero attached hydrogens (tertiary/aromatic N) is 4. The van der Waals surface area contributed by atoms with Crippen molar-refractivity contribution in [1.82, 2.24) is 24.5 Å². The van der Waals surface area contributed by atoms with Crippen LogP contribution in [0.25, 0.3) is 38.6 Å². The molecule has 8 heteroatoms. The molecule has 5 aromatic rings. The number of carboxylic acid groups (broad SMARTS) is 1. The second-order valence-electron chi connectivity index (χ2n) is 8.74. The molecule has 2 N–H and O–H groups in total. The normalized spacial score (nSPS) is 14.3. The molecule has 1 fully saturated rings. The molecule has 1 aliphatic heterocycles. The van der Waals surface area contributed by atoms with E-state index in [9.17, 15) is 4.79 Å². The number of carbonyl (C=O) groups is 1. The van der Waals surface area contributed by atoms with Crippen molar-refractivity contribution >= 4 is 33.5 Å². The molecule has 0 radical (unpaired) electrons. The SMILES string of the molecule is COc1cc(-c2cc3[nH]c4ccc(C5CN(C(=O)O)C5)cc4c3c(C)c2C)cn2ncnc12. The van der Waals surface area contributed by atoms with E-state index >= 15 is 0 Å². The number of pyridine rings is 1. The number of rotatable bonds is 3. The number of fused-ring (bicyclic) bond motifs is 4. The summed E-state index contributed by atoms with van der Waals surface area (Å²) in [6, 6.07) is 10.6. The Hall–Kier alpha value is -4.07. The monoisotopic (exact) mass is 441 g/mol. The standard InChI is InChI=1S/C25H23N5O3/c1-13-14(2)23-19-6-15(17-9-29(10-17)25(31)32)4-5-20(19)28-21(23)8-18(13)16-7-22(33-3)24-26-12-27-30(24)11-16/h4-8,11-12,17,28H,9-10H2,1-3H3,(H,31,32). The van der Waals surface area contributed by atoms with Gasteiger partial charge in [-0.05, 0) is 60.4 Å². The van der Waals surface area contributed by atoms with Crippen molar-refractivity contribution in [3.05, 3.63) is 59.5 Å². The van der Waals surface area contributed by atoms with Gasteiger partial charge in [0.15, 0.2) is 11.4 Å². The highest BCUT2D eigenvalue weighted by molar-refractivity contribution is 6.11. The lowest BCUT2D eigenvalue weighted by Gasteiger charge is -2.37. The lowest BCUT2D eigenvalue weighted by Crippen LogP contribution is -2.47. The molecule has 3 aromatic heterocycles. The van der Waals surface area contributed by atoms with Crippen molar-refractivity contribution in [3.63, 3.8) is 0 Å². The summed E-state index contributed by atoms with van der Waals surface area (Å²) in [4.78, 5) is 20.4. The number of H-pyrrole nitrogens is 1. The summed E-state index contributed by atoms with van der Waals surface area (Å²) >= 11 is 0. The number of hydrogen-bond donors (Lipinski definition) is 2. The molecule has 1 aliphatic rings. The van der Waals surface area contributed by atoms with Crippen LogP contribution in [0.2, 0.25) is 0 Å². The van der Waals surface area contributed by atoms with E-state index in [4.69, 9.17) is 9.84 Å². The maximum atomic E-state index is 11.1. The second-order valence-corrected chi connectivity index (χ2v) is 8.74. The van der Waals surface area contributed by atoms with Crippen LogP contribution in [0.1, 0.15) is 22.6 Å².